The summed E-state index contributed by atoms with van der Waals surface area (Å²) in [5, 5.41) is 3.94. The first-order chi connectivity index (χ1) is 12.0. The maximum Gasteiger partial charge on any atom is 0.240 e. The van der Waals surface area contributed by atoms with E-state index in [9.17, 15) is 4.79 Å². The highest BCUT2D eigenvalue weighted by Crippen LogP contribution is 2.32. The van der Waals surface area contributed by atoms with Gasteiger partial charge < -0.3 is 15.8 Å². The van der Waals surface area contributed by atoms with Gasteiger partial charge in [0.25, 0.3) is 0 Å². The molecule has 136 valence electrons. The van der Waals surface area contributed by atoms with Crippen LogP contribution in [-0.4, -0.2) is 48.1 Å². The maximum atomic E-state index is 12.5. The van der Waals surface area contributed by atoms with Crippen LogP contribution >= 0.6 is 11.6 Å². The second kappa shape index (κ2) is 6.88. The molecule has 6 heteroatoms. The fourth-order valence-corrected chi connectivity index (χ4v) is 4.55. The Morgan fingerprint density at radius 3 is 2.68 bits per heavy atom. The van der Waals surface area contributed by atoms with Crippen molar-refractivity contribution in [3.63, 3.8) is 0 Å². The minimum Gasteiger partial charge on any atom is -0.371 e. The van der Waals surface area contributed by atoms with Gasteiger partial charge in [0.2, 0.25) is 5.91 Å². The summed E-state index contributed by atoms with van der Waals surface area (Å²) in [4.78, 5) is 15.0. The Kier molecular flexibility index (Phi) is 4.75. The number of benzene rings is 1. The van der Waals surface area contributed by atoms with Crippen LogP contribution in [0.3, 0.4) is 0 Å². The van der Waals surface area contributed by atoms with Crippen molar-refractivity contribution in [1.29, 1.82) is 0 Å². The summed E-state index contributed by atoms with van der Waals surface area (Å²) in [6, 6.07) is 8.42. The number of rotatable bonds is 3. The number of nitrogens with zero attached hydrogens (tertiary/aromatic N) is 1. The third kappa shape index (κ3) is 3.56. The van der Waals surface area contributed by atoms with Gasteiger partial charge in [0.05, 0.1) is 18.2 Å². The molecule has 1 aliphatic carbocycles. The molecule has 1 saturated carbocycles. The van der Waals surface area contributed by atoms with Crippen molar-refractivity contribution >= 4 is 17.5 Å². The van der Waals surface area contributed by atoms with Gasteiger partial charge in [0.15, 0.2) is 0 Å². The Hall–Kier alpha value is -1.14. The molecule has 2 aliphatic heterocycles. The average molecular weight is 364 g/mol. The zero-order chi connectivity index (χ0) is 17.4. The zero-order valence-electron chi connectivity index (χ0n) is 14.4. The van der Waals surface area contributed by atoms with Gasteiger partial charge in [-0.15, -0.1) is 0 Å². The molecule has 0 bridgehead atoms. The van der Waals surface area contributed by atoms with Gasteiger partial charge in [-0.05, 0) is 37.0 Å². The van der Waals surface area contributed by atoms with Crippen molar-refractivity contribution in [3.05, 3.63) is 34.9 Å². The summed E-state index contributed by atoms with van der Waals surface area (Å²) >= 11 is 5.97. The fourth-order valence-electron chi connectivity index (χ4n) is 4.42. The van der Waals surface area contributed by atoms with E-state index >= 15 is 0 Å². The van der Waals surface area contributed by atoms with E-state index < -0.39 is 5.54 Å². The lowest BCUT2D eigenvalue weighted by atomic mass is 9.97. The molecule has 3 atom stereocenters. The molecule has 3 aliphatic rings. The molecule has 25 heavy (non-hydrogen) atoms. The first kappa shape index (κ1) is 17.3. The summed E-state index contributed by atoms with van der Waals surface area (Å²) in [7, 11) is 0. The predicted octanol–water partition coefficient (Wildman–Crippen LogP) is 2.24. The van der Waals surface area contributed by atoms with Crippen LogP contribution in [-0.2, 0) is 9.53 Å². The molecule has 3 fully saturated rings. The van der Waals surface area contributed by atoms with Gasteiger partial charge >= 0.3 is 0 Å². The van der Waals surface area contributed by atoms with Crippen molar-refractivity contribution in [2.45, 2.75) is 55.8 Å². The van der Waals surface area contributed by atoms with Crippen LogP contribution in [0.1, 0.15) is 43.8 Å². The third-order valence-corrected chi connectivity index (χ3v) is 6.19. The van der Waals surface area contributed by atoms with E-state index in [1.165, 1.54) is 0 Å². The van der Waals surface area contributed by atoms with Gasteiger partial charge in [-0.3, -0.25) is 9.69 Å². The van der Waals surface area contributed by atoms with Crippen molar-refractivity contribution in [1.82, 2.24) is 10.2 Å². The average Bonchev–Trinajstić information content (AvgIpc) is 3.21. The van der Waals surface area contributed by atoms with E-state index in [-0.39, 0.29) is 18.1 Å². The monoisotopic (exact) mass is 363 g/mol. The van der Waals surface area contributed by atoms with Gasteiger partial charge in [0, 0.05) is 30.2 Å². The van der Waals surface area contributed by atoms with Crippen LogP contribution in [0, 0.1) is 0 Å². The van der Waals surface area contributed by atoms with Gasteiger partial charge in [0.1, 0.15) is 0 Å². The molecule has 2 saturated heterocycles. The van der Waals surface area contributed by atoms with Crippen molar-refractivity contribution < 1.29 is 9.53 Å². The van der Waals surface area contributed by atoms with Gasteiger partial charge in [-0.25, -0.2) is 0 Å². The first-order valence-electron chi connectivity index (χ1n) is 9.24. The van der Waals surface area contributed by atoms with Crippen LogP contribution in [0.5, 0.6) is 0 Å². The Labute approximate surface area is 153 Å². The number of carbonyl (C=O) groups excluding carboxylic acids is 1. The lowest BCUT2D eigenvalue weighted by Gasteiger charge is -2.35. The number of ether oxygens (including phenoxy) is 1. The predicted molar refractivity (Wildman–Crippen MR) is 97.4 cm³/mol. The quantitative estimate of drug-likeness (QED) is 0.864. The van der Waals surface area contributed by atoms with E-state index in [1.807, 2.05) is 24.3 Å². The summed E-state index contributed by atoms with van der Waals surface area (Å²) in [6.07, 6.45) is 4.73. The lowest BCUT2D eigenvalue weighted by Crippen LogP contribution is -2.54. The number of hydrogen-bond acceptors (Lipinski definition) is 4. The molecular weight excluding hydrogens is 338 g/mol. The van der Waals surface area contributed by atoms with E-state index in [2.05, 4.69) is 10.2 Å². The number of nitrogens with two attached hydrogens (primary N) is 1. The largest absolute Gasteiger partial charge is 0.371 e. The second-order valence-corrected chi connectivity index (χ2v) is 8.19. The highest BCUT2D eigenvalue weighted by molar-refractivity contribution is 6.30. The number of morpholine rings is 1. The Morgan fingerprint density at radius 2 is 1.96 bits per heavy atom. The van der Waals surface area contributed by atoms with E-state index in [1.54, 1.807) is 0 Å². The van der Waals surface area contributed by atoms with E-state index in [4.69, 9.17) is 22.1 Å². The summed E-state index contributed by atoms with van der Waals surface area (Å²) < 4.78 is 6.07. The van der Waals surface area contributed by atoms with Gasteiger partial charge in [-0.1, -0.05) is 36.6 Å². The number of amides is 1. The molecule has 0 unspecified atom stereocenters. The number of carbonyl (C=O) groups is 1. The smallest absolute Gasteiger partial charge is 0.240 e. The van der Waals surface area contributed by atoms with E-state index in [0.29, 0.717) is 12.6 Å². The van der Waals surface area contributed by atoms with Crippen LogP contribution in [0.25, 0.3) is 0 Å². The lowest BCUT2D eigenvalue weighted by molar-refractivity contribution is -0.126. The van der Waals surface area contributed by atoms with Crippen molar-refractivity contribution in [3.8, 4) is 0 Å². The fraction of sp³-hybridized carbons (Fsp3) is 0.632. The number of nitrogens with one attached hydrogen (secondary N) is 1. The topological polar surface area (TPSA) is 67.6 Å². The number of halogens is 1. The van der Waals surface area contributed by atoms with Crippen LogP contribution in [0.15, 0.2) is 24.3 Å². The Morgan fingerprint density at radius 1 is 1.24 bits per heavy atom. The molecule has 3 N–H and O–H groups in total. The first-order valence-corrected chi connectivity index (χ1v) is 9.62. The normalized spacial score (nSPS) is 31.7. The molecule has 1 aromatic carbocycles. The zero-order valence-corrected chi connectivity index (χ0v) is 15.2. The van der Waals surface area contributed by atoms with Crippen molar-refractivity contribution in [2.24, 2.45) is 5.73 Å². The summed E-state index contributed by atoms with van der Waals surface area (Å²) in [5.41, 5.74) is 6.78. The number of fused-ring (bicyclic) bond motifs is 1. The van der Waals surface area contributed by atoms with Gasteiger partial charge in [-0.2, -0.15) is 0 Å². The molecule has 1 amide bonds. The molecule has 0 radical (unpaired) electrons. The minimum absolute atomic E-state index is 0.0324. The molecule has 0 spiro atoms. The summed E-state index contributed by atoms with van der Waals surface area (Å²) in [6.45, 7) is 2.43. The molecule has 4 rings (SSSR count). The number of hydrogen-bond donors (Lipinski definition) is 2. The maximum absolute atomic E-state index is 12.5. The Balaban J connectivity index is 1.35. The third-order valence-electron chi connectivity index (χ3n) is 5.94. The molecule has 1 aromatic rings. The molecule has 2 heterocycles. The summed E-state index contributed by atoms with van der Waals surface area (Å²) in [5.74, 6) is 0.0324. The second-order valence-electron chi connectivity index (χ2n) is 7.75. The molecular formula is C19H26ClN3O2. The molecule has 5 nitrogen and oxygen atoms in total. The van der Waals surface area contributed by atoms with Crippen LogP contribution in [0.2, 0.25) is 5.02 Å². The standard InChI is InChI=1S/C19H26ClN3O2/c20-14-5-3-13(4-6-14)17-11-23-10-15(9-16(23)12-25-17)22-18(24)19(21)7-1-2-8-19/h3-6,15-17H,1-2,7-12,21H2,(H,22,24)/t15-,16+,17-/m1/s1. The minimum atomic E-state index is -0.647. The van der Waals surface area contributed by atoms with E-state index in [0.717, 1.165) is 55.8 Å². The highest BCUT2D eigenvalue weighted by atomic mass is 35.5. The van der Waals surface area contributed by atoms with Crippen LogP contribution in [0.4, 0.5) is 0 Å². The SMILES string of the molecule is NC1(C(=O)N[C@@H]2C[C@H]3CO[C@@H](c4ccc(Cl)cc4)CN3C2)CCCC1. The highest BCUT2D eigenvalue weighted by Gasteiger charge is 2.42. The molecule has 0 aromatic heterocycles. The van der Waals surface area contributed by atoms with Crippen molar-refractivity contribution in [2.75, 3.05) is 19.7 Å². The van der Waals surface area contributed by atoms with Crippen LogP contribution < -0.4 is 11.1 Å². The Bertz CT molecular complexity index is 630.